The smallest absolute Gasteiger partial charge is 0.248 e. The predicted octanol–water partition coefficient (Wildman–Crippen LogP) is 5.80. The van der Waals surface area contributed by atoms with E-state index >= 15 is 0 Å². The number of anilines is 1. The molecule has 0 heterocycles. The number of hydrogen-bond donors (Lipinski definition) is 1. The molecule has 0 bridgehead atoms. The fourth-order valence-corrected chi connectivity index (χ4v) is 2.68. The second-order valence-corrected chi connectivity index (χ2v) is 5.78. The van der Waals surface area contributed by atoms with Crippen molar-refractivity contribution >= 4 is 51.6 Å². The summed E-state index contributed by atoms with van der Waals surface area (Å²) in [5, 5.41) is 5.70. The summed E-state index contributed by atoms with van der Waals surface area (Å²) in [6.45, 7) is 0. The molecule has 0 saturated carbocycles. The van der Waals surface area contributed by atoms with Crippen molar-refractivity contribution in [3.05, 3.63) is 82.3 Å². The number of carbonyl (C=O) groups excluding carboxylic acids is 1. The van der Waals surface area contributed by atoms with Crippen molar-refractivity contribution in [1.82, 2.24) is 0 Å². The number of carbonyl (C=O) groups is 1. The van der Waals surface area contributed by atoms with E-state index in [0.29, 0.717) is 15.7 Å². The van der Waals surface area contributed by atoms with Gasteiger partial charge in [0.1, 0.15) is 0 Å². The zero-order chi connectivity index (χ0) is 16.2. The Morgan fingerprint density at radius 3 is 2.52 bits per heavy atom. The molecule has 1 N–H and O–H groups in total. The summed E-state index contributed by atoms with van der Waals surface area (Å²) in [5.41, 5.74) is 1.47. The van der Waals surface area contributed by atoms with Crippen LogP contribution >= 0.6 is 23.2 Å². The van der Waals surface area contributed by atoms with Crippen LogP contribution in [0, 0.1) is 0 Å². The Hall–Kier alpha value is -2.29. The fourth-order valence-electron chi connectivity index (χ4n) is 2.34. The van der Waals surface area contributed by atoms with E-state index in [-0.39, 0.29) is 5.91 Å². The topological polar surface area (TPSA) is 29.1 Å². The van der Waals surface area contributed by atoms with Crippen molar-refractivity contribution in [3.63, 3.8) is 0 Å². The molecule has 0 atom stereocenters. The number of halogens is 2. The lowest BCUT2D eigenvalue weighted by Crippen LogP contribution is -2.08. The van der Waals surface area contributed by atoms with Crippen LogP contribution in [0.3, 0.4) is 0 Å². The molecule has 4 heteroatoms. The Bertz CT molecular complexity index is 898. The van der Waals surface area contributed by atoms with Gasteiger partial charge in [-0.15, -0.1) is 0 Å². The first kappa shape index (κ1) is 15.6. The van der Waals surface area contributed by atoms with Gasteiger partial charge >= 0.3 is 0 Å². The molecule has 0 radical (unpaired) electrons. The number of rotatable bonds is 3. The number of benzene rings is 3. The van der Waals surface area contributed by atoms with Crippen LogP contribution in [0.1, 0.15) is 5.56 Å². The second-order valence-electron chi connectivity index (χ2n) is 4.99. The predicted molar refractivity (Wildman–Crippen MR) is 98.1 cm³/mol. The van der Waals surface area contributed by atoms with E-state index in [4.69, 9.17) is 23.2 Å². The quantitative estimate of drug-likeness (QED) is 0.599. The number of hydrogen-bond acceptors (Lipinski definition) is 1. The van der Waals surface area contributed by atoms with Crippen LogP contribution in [0.25, 0.3) is 16.8 Å². The highest BCUT2D eigenvalue weighted by atomic mass is 35.5. The summed E-state index contributed by atoms with van der Waals surface area (Å²) in [7, 11) is 0. The Morgan fingerprint density at radius 1 is 0.913 bits per heavy atom. The van der Waals surface area contributed by atoms with Crippen molar-refractivity contribution in [2.24, 2.45) is 0 Å². The molecule has 0 fully saturated rings. The van der Waals surface area contributed by atoms with E-state index < -0.39 is 0 Å². The lowest BCUT2D eigenvalue weighted by Gasteiger charge is -2.06. The lowest BCUT2D eigenvalue weighted by molar-refractivity contribution is -0.111. The molecule has 3 aromatic rings. The second kappa shape index (κ2) is 6.86. The van der Waals surface area contributed by atoms with Gasteiger partial charge in [-0.05, 0) is 34.5 Å². The molecule has 0 aliphatic carbocycles. The molecule has 0 aliphatic heterocycles. The summed E-state index contributed by atoms with van der Waals surface area (Å²) in [6, 6.07) is 19.1. The van der Waals surface area contributed by atoms with Crippen molar-refractivity contribution in [2.75, 3.05) is 5.32 Å². The Labute approximate surface area is 144 Å². The molecule has 3 aromatic carbocycles. The van der Waals surface area contributed by atoms with Crippen LogP contribution < -0.4 is 5.32 Å². The zero-order valence-corrected chi connectivity index (χ0v) is 13.6. The van der Waals surface area contributed by atoms with Gasteiger partial charge in [0.15, 0.2) is 0 Å². The average molecular weight is 342 g/mol. The van der Waals surface area contributed by atoms with Crippen LogP contribution in [0.2, 0.25) is 10.0 Å². The SMILES string of the molecule is O=C(C=Cc1cccc2ccccc12)Nc1cccc(Cl)c1Cl. The normalized spacial score (nSPS) is 11.0. The summed E-state index contributed by atoms with van der Waals surface area (Å²) in [6.07, 6.45) is 3.27. The van der Waals surface area contributed by atoms with Gasteiger partial charge in [0.05, 0.1) is 15.7 Å². The molecule has 1 amide bonds. The third kappa shape index (κ3) is 3.55. The van der Waals surface area contributed by atoms with Crippen molar-refractivity contribution < 1.29 is 4.79 Å². The van der Waals surface area contributed by atoms with Crippen LogP contribution in [0.4, 0.5) is 5.69 Å². The van der Waals surface area contributed by atoms with E-state index in [2.05, 4.69) is 5.32 Å². The molecule has 0 spiro atoms. The van der Waals surface area contributed by atoms with E-state index in [1.165, 1.54) is 6.08 Å². The van der Waals surface area contributed by atoms with Crippen molar-refractivity contribution in [2.45, 2.75) is 0 Å². The minimum Gasteiger partial charge on any atom is -0.321 e. The summed E-state index contributed by atoms with van der Waals surface area (Å²) < 4.78 is 0. The molecular formula is C19H13Cl2NO. The molecule has 114 valence electrons. The first-order valence-corrected chi connectivity index (χ1v) is 7.81. The summed E-state index contributed by atoms with van der Waals surface area (Å²) >= 11 is 12.0. The van der Waals surface area contributed by atoms with Crippen molar-refractivity contribution in [1.29, 1.82) is 0 Å². The van der Waals surface area contributed by atoms with Gasteiger partial charge in [0, 0.05) is 6.08 Å². The van der Waals surface area contributed by atoms with E-state index in [1.54, 1.807) is 24.3 Å². The van der Waals surface area contributed by atoms with Crippen LogP contribution in [0.5, 0.6) is 0 Å². The molecule has 0 aromatic heterocycles. The number of amides is 1. The minimum absolute atomic E-state index is 0.262. The largest absolute Gasteiger partial charge is 0.321 e. The van der Waals surface area contributed by atoms with Crippen LogP contribution in [-0.2, 0) is 4.79 Å². The van der Waals surface area contributed by atoms with E-state index in [1.807, 2.05) is 42.5 Å². The number of fused-ring (bicyclic) bond motifs is 1. The average Bonchev–Trinajstić information content (AvgIpc) is 2.57. The maximum atomic E-state index is 12.1. The van der Waals surface area contributed by atoms with Gasteiger partial charge in [-0.2, -0.15) is 0 Å². The minimum atomic E-state index is -0.262. The van der Waals surface area contributed by atoms with Crippen molar-refractivity contribution in [3.8, 4) is 0 Å². The zero-order valence-electron chi connectivity index (χ0n) is 12.1. The molecule has 2 nitrogen and oxygen atoms in total. The highest BCUT2D eigenvalue weighted by molar-refractivity contribution is 6.44. The monoisotopic (exact) mass is 341 g/mol. The van der Waals surface area contributed by atoms with Gasteiger partial charge in [-0.25, -0.2) is 0 Å². The Balaban J connectivity index is 1.82. The maximum absolute atomic E-state index is 12.1. The van der Waals surface area contributed by atoms with Gasteiger partial charge in [-0.1, -0.05) is 71.7 Å². The van der Waals surface area contributed by atoms with Gasteiger partial charge in [0.25, 0.3) is 0 Å². The van der Waals surface area contributed by atoms with E-state index in [9.17, 15) is 4.79 Å². The van der Waals surface area contributed by atoms with Gasteiger partial charge in [-0.3, -0.25) is 4.79 Å². The Morgan fingerprint density at radius 2 is 1.65 bits per heavy atom. The van der Waals surface area contributed by atoms with Crippen LogP contribution in [0.15, 0.2) is 66.7 Å². The molecule has 3 rings (SSSR count). The summed E-state index contributed by atoms with van der Waals surface area (Å²) in [5.74, 6) is -0.262. The van der Waals surface area contributed by atoms with Gasteiger partial charge < -0.3 is 5.32 Å². The Kier molecular flexibility index (Phi) is 4.65. The van der Waals surface area contributed by atoms with Crippen LogP contribution in [-0.4, -0.2) is 5.91 Å². The van der Waals surface area contributed by atoms with Gasteiger partial charge in [0.2, 0.25) is 5.91 Å². The molecule has 0 aliphatic rings. The third-order valence-corrected chi connectivity index (χ3v) is 4.27. The molecular weight excluding hydrogens is 329 g/mol. The molecule has 0 unspecified atom stereocenters. The lowest BCUT2D eigenvalue weighted by atomic mass is 10.0. The highest BCUT2D eigenvalue weighted by Gasteiger charge is 2.06. The standard InChI is InChI=1S/C19H13Cl2NO/c20-16-9-4-10-17(19(16)21)22-18(23)12-11-14-7-3-6-13-5-1-2-8-15(13)14/h1-12H,(H,22,23). The molecule has 23 heavy (non-hydrogen) atoms. The summed E-state index contributed by atoms with van der Waals surface area (Å²) in [4.78, 5) is 12.1. The number of nitrogens with one attached hydrogen (secondary N) is 1. The third-order valence-electron chi connectivity index (χ3n) is 3.45. The fraction of sp³-hybridized carbons (Fsp3) is 0. The molecule has 0 saturated heterocycles. The first-order chi connectivity index (χ1) is 11.1. The highest BCUT2D eigenvalue weighted by Crippen LogP contribution is 2.29. The van der Waals surface area contributed by atoms with E-state index in [0.717, 1.165) is 16.3 Å². The first-order valence-electron chi connectivity index (χ1n) is 7.06. The maximum Gasteiger partial charge on any atom is 0.248 e.